The lowest BCUT2D eigenvalue weighted by atomic mass is 9.87. The van der Waals surface area contributed by atoms with Gasteiger partial charge in [0.05, 0.1) is 34.9 Å². The number of pyridine rings is 4. The smallest absolute Gasteiger partial charge is 0.205 e. The monoisotopic (exact) mass is 586 g/mol. The van der Waals surface area contributed by atoms with Crippen LogP contribution in [0.5, 0.6) is 0 Å². The molecular formula is C40H22N6. The molecule has 0 aliphatic carbocycles. The molecule has 212 valence electrons. The highest BCUT2D eigenvalue weighted by molar-refractivity contribution is 6.23. The van der Waals surface area contributed by atoms with E-state index >= 15 is 0 Å². The zero-order valence-electron chi connectivity index (χ0n) is 24.4. The standard InChI is InChI=1S/C40H22N6/c1-42-30-17-29(23-44-24-30)36-13-7-15-38(46-36)40-32-11-5-4-10-31(32)39(33-18-26-8-2-3-9-27(26)19-34(33)40)37-14-6-12-35(45-37)28-16-25(20-41)21-43-22-28/h2-19,21-24H. The number of benzene rings is 4. The van der Waals surface area contributed by atoms with Gasteiger partial charge in [-0.1, -0.05) is 60.7 Å². The summed E-state index contributed by atoms with van der Waals surface area (Å²) in [5.74, 6) is 0. The molecule has 46 heavy (non-hydrogen) atoms. The largest absolute Gasteiger partial charge is 0.276 e. The fourth-order valence-electron chi connectivity index (χ4n) is 6.15. The van der Waals surface area contributed by atoms with Gasteiger partial charge in [-0.15, -0.1) is 0 Å². The first-order valence-corrected chi connectivity index (χ1v) is 14.7. The van der Waals surface area contributed by atoms with E-state index in [9.17, 15) is 5.26 Å². The van der Waals surface area contributed by atoms with Gasteiger partial charge in [0.25, 0.3) is 0 Å². The minimum Gasteiger partial charge on any atom is -0.276 e. The van der Waals surface area contributed by atoms with Crippen molar-refractivity contribution in [2.75, 3.05) is 0 Å². The van der Waals surface area contributed by atoms with Crippen LogP contribution in [-0.4, -0.2) is 19.9 Å². The lowest BCUT2D eigenvalue weighted by Crippen LogP contribution is -1.96. The van der Waals surface area contributed by atoms with Crippen LogP contribution in [0.15, 0.2) is 134 Å². The lowest BCUT2D eigenvalue weighted by molar-refractivity contribution is 1.27. The summed E-state index contributed by atoms with van der Waals surface area (Å²) in [6.07, 6.45) is 6.60. The van der Waals surface area contributed by atoms with E-state index in [-0.39, 0.29) is 0 Å². The summed E-state index contributed by atoms with van der Waals surface area (Å²) in [4.78, 5) is 22.4. The summed E-state index contributed by atoms with van der Waals surface area (Å²) >= 11 is 0. The molecule has 4 aromatic heterocycles. The van der Waals surface area contributed by atoms with E-state index in [0.29, 0.717) is 11.3 Å². The van der Waals surface area contributed by atoms with E-state index < -0.39 is 0 Å². The Morgan fingerprint density at radius 1 is 0.522 bits per heavy atom. The molecular weight excluding hydrogens is 564 g/mol. The van der Waals surface area contributed by atoms with Crippen molar-refractivity contribution in [1.29, 1.82) is 5.26 Å². The van der Waals surface area contributed by atoms with Crippen LogP contribution in [0.2, 0.25) is 0 Å². The van der Waals surface area contributed by atoms with E-state index in [0.717, 1.165) is 77.3 Å². The lowest BCUT2D eigenvalue weighted by Gasteiger charge is -2.18. The predicted octanol–water partition coefficient (Wildman–Crippen LogP) is 9.82. The fourth-order valence-corrected chi connectivity index (χ4v) is 6.15. The number of nitrogens with zero attached hydrogens (tertiary/aromatic N) is 6. The van der Waals surface area contributed by atoms with Crippen molar-refractivity contribution in [3.63, 3.8) is 0 Å². The van der Waals surface area contributed by atoms with E-state index in [1.165, 1.54) is 0 Å². The first-order valence-electron chi connectivity index (χ1n) is 14.7. The van der Waals surface area contributed by atoms with Crippen molar-refractivity contribution in [3.8, 4) is 51.1 Å². The van der Waals surface area contributed by atoms with Crippen molar-refractivity contribution in [2.24, 2.45) is 0 Å². The number of hydrogen-bond donors (Lipinski definition) is 0. The summed E-state index contributed by atoms with van der Waals surface area (Å²) in [5.41, 5.74) is 7.74. The molecule has 4 heterocycles. The van der Waals surface area contributed by atoms with E-state index in [4.69, 9.17) is 16.5 Å². The molecule has 0 aliphatic rings. The molecule has 0 saturated carbocycles. The van der Waals surface area contributed by atoms with Gasteiger partial charge < -0.3 is 0 Å². The van der Waals surface area contributed by atoms with Gasteiger partial charge >= 0.3 is 0 Å². The molecule has 8 rings (SSSR count). The maximum atomic E-state index is 9.46. The number of hydrogen-bond acceptors (Lipinski definition) is 5. The second-order valence-electron chi connectivity index (χ2n) is 11.0. The Kier molecular flexibility index (Phi) is 6.45. The van der Waals surface area contributed by atoms with Gasteiger partial charge in [-0.25, -0.2) is 14.8 Å². The molecule has 0 radical (unpaired) electrons. The molecule has 0 spiro atoms. The van der Waals surface area contributed by atoms with Gasteiger partial charge in [-0.05, 0) is 80.8 Å². The number of fused-ring (bicyclic) bond motifs is 3. The predicted molar refractivity (Wildman–Crippen MR) is 183 cm³/mol. The Morgan fingerprint density at radius 2 is 1.04 bits per heavy atom. The molecule has 6 nitrogen and oxygen atoms in total. The number of nitriles is 1. The van der Waals surface area contributed by atoms with Crippen molar-refractivity contribution in [1.82, 2.24) is 19.9 Å². The molecule has 0 fully saturated rings. The number of aromatic nitrogens is 4. The maximum Gasteiger partial charge on any atom is 0.205 e. The van der Waals surface area contributed by atoms with Crippen LogP contribution in [-0.2, 0) is 0 Å². The average Bonchev–Trinajstić information content (AvgIpc) is 3.13. The van der Waals surface area contributed by atoms with Crippen molar-refractivity contribution < 1.29 is 0 Å². The van der Waals surface area contributed by atoms with Crippen LogP contribution in [0.3, 0.4) is 0 Å². The summed E-state index contributed by atoms with van der Waals surface area (Å²) < 4.78 is 0. The van der Waals surface area contributed by atoms with Gasteiger partial charge in [-0.3, -0.25) is 9.97 Å². The van der Waals surface area contributed by atoms with Crippen LogP contribution in [0.25, 0.3) is 82.2 Å². The van der Waals surface area contributed by atoms with Gasteiger partial charge in [0.2, 0.25) is 5.69 Å². The van der Waals surface area contributed by atoms with Crippen LogP contribution >= 0.6 is 0 Å². The first-order chi connectivity index (χ1) is 22.7. The normalized spacial score (nSPS) is 11.0. The second kappa shape index (κ2) is 11.1. The van der Waals surface area contributed by atoms with Crippen molar-refractivity contribution in [2.45, 2.75) is 0 Å². The maximum absolute atomic E-state index is 9.46. The highest BCUT2D eigenvalue weighted by Crippen LogP contribution is 2.44. The summed E-state index contributed by atoms with van der Waals surface area (Å²) in [7, 11) is 0. The summed E-state index contributed by atoms with van der Waals surface area (Å²) in [5, 5.41) is 15.9. The minimum absolute atomic E-state index is 0.473. The molecule has 0 amide bonds. The molecule has 6 heteroatoms. The third kappa shape index (κ3) is 4.59. The van der Waals surface area contributed by atoms with Crippen LogP contribution in [0, 0.1) is 17.9 Å². The summed E-state index contributed by atoms with van der Waals surface area (Å²) in [6, 6.07) is 39.1. The highest BCUT2D eigenvalue weighted by atomic mass is 14.8. The fraction of sp³-hybridized carbons (Fsp3) is 0. The second-order valence-corrected chi connectivity index (χ2v) is 11.0. The third-order valence-corrected chi connectivity index (χ3v) is 8.21. The molecule has 4 aromatic carbocycles. The van der Waals surface area contributed by atoms with Gasteiger partial charge in [-0.2, -0.15) is 5.26 Å². The third-order valence-electron chi connectivity index (χ3n) is 8.21. The van der Waals surface area contributed by atoms with E-state index in [1.54, 1.807) is 24.8 Å². The quantitative estimate of drug-likeness (QED) is 0.151. The zero-order valence-corrected chi connectivity index (χ0v) is 24.4. The SMILES string of the molecule is [C-]#[N+]c1cncc(-c2cccc(-c3c4ccccc4c(-c4cccc(-c5cncc(C#N)c5)n4)c4cc5ccccc5cc34)n2)c1. The van der Waals surface area contributed by atoms with Gasteiger partial charge in [0.1, 0.15) is 6.07 Å². The minimum atomic E-state index is 0.473. The molecule has 8 aromatic rings. The first kappa shape index (κ1) is 26.8. The molecule has 0 saturated heterocycles. The van der Waals surface area contributed by atoms with Crippen LogP contribution in [0.1, 0.15) is 5.56 Å². The van der Waals surface area contributed by atoms with Gasteiger partial charge in [0.15, 0.2) is 0 Å². The van der Waals surface area contributed by atoms with Crippen LogP contribution < -0.4 is 0 Å². The zero-order chi connectivity index (χ0) is 31.0. The Balaban J connectivity index is 1.44. The highest BCUT2D eigenvalue weighted by Gasteiger charge is 2.20. The molecule has 0 bridgehead atoms. The van der Waals surface area contributed by atoms with Gasteiger partial charge in [0, 0.05) is 47.0 Å². The number of rotatable bonds is 4. The summed E-state index contributed by atoms with van der Waals surface area (Å²) in [6.45, 7) is 7.44. The van der Waals surface area contributed by atoms with Crippen molar-refractivity contribution >= 4 is 38.0 Å². The Bertz CT molecular complexity index is 2400. The molecule has 0 unspecified atom stereocenters. The van der Waals surface area contributed by atoms with Crippen LogP contribution in [0.4, 0.5) is 5.69 Å². The van der Waals surface area contributed by atoms with Crippen molar-refractivity contribution in [3.05, 3.63) is 151 Å². The Hall–Kier alpha value is -6.76. The topological polar surface area (TPSA) is 79.7 Å². The van der Waals surface area contributed by atoms with E-state index in [1.807, 2.05) is 48.5 Å². The molecule has 0 aliphatic heterocycles. The Labute approximate surface area is 264 Å². The molecule has 0 atom stereocenters. The Morgan fingerprint density at radius 3 is 1.61 bits per heavy atom. The van der Waals surface area contributed by atoms with E-state index in [2.05, 4.69) is 81.5 Å². The molecule has 0 N–H and O–H groups in total. The average molecular weight is 587 g/mol.